The van der Waals surface area contributed by atoms with Gasteiger partial charge in [-0.25, -0.2) is 9.52 Å². The van der Waals surface area contributed by atoms with Crippen molar-refractivity contribution in [1.29, 1.82) is 0 Å². The molecule has 0 radical (unpaired) electrons. The van der Waals surface area contributed by atoms with E-state index in [2.05, 4.69) is 51.8 Å². The summed E-state index contributed by atoms with van der Waals surface area (Å²) in [6, 6.07) is 34.5. The molecule has 268 valence electrons. The summed E-state index contributed by atoms with van der Waals surface area (Å²) >= 11 is 2.52. The lowest BCUT2D eigenvalue weighted by atomic mass is 9.84. The number of ether oxygens (including phenoxy) is 1. The maximum atomic E-state index is 13.9. The van der Waals surface area contributed by atoms with Crippen LogP contribution in [0.5, 0.6) is 0 Å². The average molecular weight is 729 g/mol. The predicted octanol–water partition coefficient (Wildman–Crippen LogP) is 6.88. The molecule has 0 aromatic heterocycles. The quantitative estimate of drug-likeness (QED) is 0.0370. The van der Waals surface area contributed by atoms with Crippen molar-refractivity contribution in [1.82, 2.24) is 15.4 Å². The molecule has 0 spiro atoms. The molecule has 0 saturated carbocycles. The zero-order valence-corrected chi connectivity index (χ0v) is 31.0. The Morgan fingerprint density at radius 3 is 1.75 bits per heavy atom. The number of carbonyl (C=O) groups excluding carboxylic acids is 3. The first-order valence-electron chi connectivity index (χ1n) is 16.6. The van der Waals surface area contributed by atoms with Crippen LogP contribution in [0, 0.1) is 16.0 Å². The molecule has 2 amide bonds. The first-order valence-corrected chi connectivity index (χ1v) is 18.4. The summed E-state index contributed by atoms with van der Waals surface area (Å²) in [6.45, 7) is 8.44. The van der Waals surface area contributed by atoms with Crippen LogP contribution in [0.4, 0.5) is 5.69 Å². The van der Waals surface area contributed by atoms with Gasteiger partial charge in [-0.3, -0.25) is 19.7 Å². The summed E-state index contributed by atoms with van der Waals surface area (Å²) in [5, 5.41) is 17.2. The molecule has 12 heteroatoms. The predicted molar refractivity (Wildman–Crippen MR) is 203 cm³/mol. The third-order valence-corrected chi connectivity index (χ3v) is 10.4. The summed E-state index contributed by atoms with van der Waals surface area (Å²) in [6.07, 6.45) is 0. The number of para-hydroxylation sites is 1. The molecule has 0 bridgehead atoms. The molecule has 0 aliphatic rings. The van der Waals surface area contributed by atoms with Crippen molar-refractivity contribution < 1.29 is 24.0 Å². The number of benzene rings is 4. The second-order valence-electron chi connectivity index (χ2n) is 13.1. The number of thioether (sulfide) groups is 1. The van der Waals surface area contributed by atoms with Gasteiger partial charge in [0.2, 0.25) is 11.8 Å². The SMILES string of the molecule is CC(C)[C@@H](NC(=O)CNC(=O)[C@@H](CSC(c1ccccc1)(c1ccccc1)c1ccccc1)NSc1ccccc1[N+](=O)[O-])C(=O)OC(C)(C)C. The molecule has 4 aromatic carbocycles. The number of carbonyl (C=O) groups is 3. The molecular weight excluding hydrogens is 685 g/mol. The maximum absolute atomic E-state index is 13.9. The zero-order valence-electron chi connectivity index (χ0n) is 29.3. The van der Waals surface area contributed by atoms with Crippen molar-refractivity contribution >= 4 is 47.2 Å². The molecule has 10 nitrogen and oxygen atoms in total. The molecular formula is C39H44N4O6S2. The van der Waals surface area contributed by atoms with Crippen LogP contribution in [-0.2, 0) is 23.9 Å². The largest absolute Gasteiger partial charge is 0.458 e. The average Bonchev–Trinajstić information content (AvgIpc) is 3.11. The Morgan fingerprint density at radius 2 is 1.27 bits per heavy atom. The van der Waals surface area contributed by atoms with E-state index >= 15 is 0 Å². The van der Waals surface area contributed by atoms with Gasteiger partial charge in [0, 0.05) is 11.8 Å². The smallest absolute Gasteiger partial charge is 0.329 e. The Labute approximate surface area is 307 Å². The van der Waals surface area contributed by atoms with Gasteiger partial charge in [-0.2, -0.15) is 0 Å². The van der Waals surface area contributed by atoms with E-state index in [4.69, 9.17) is 4.74 Å². The molecule has 0 fully saturated rings. The van der Waals surface area contributed by atoms with E-state index in [1.54, 1.807) is 52.8 Å². The second kappa shape index (κ2) is 18.0. The first kappa shape index (κ1) is 39.1. The Hall–Kier alpha value is -4.65. The number of nitrogens with zero attached hydrogens (tertiary/aromatic N) is 1. The van der Waals surface area contributed by atoms with Crippen molar-refractivity contribution in [2.75, 3.05) is 12.3 Å². The minimum atomic E-state index is -0.921. The van der Waals surface area contributed by atoms with E-state index in [0.29, 0.717) is 4.90 Å². The number of nitro groups is 1. The van der Waals surface area contributed by atoms with E-state index in [1.807, 2.05) is 54.6 Å². The Bertz CT molecular complexity index is 1670. The zero-order chi connectivity index (χ0) is 37.0. The van der Waals surface area contributed by atoms with Gasteiger partial charge in [0.05, 0.1) is 16.2 Å². The Balaban J connectivity index is 1.64. The molecule has 0 aliphatic heterocycles. The number of nitrogens with one attached hydrogen (secondary N) is 3. The molecule has 0 saturated heterocycles. The number of nitro benzene ring substituents is 1. The fraction of sp³-hybridized carbons (Fsp3) is 0.308. The third-order valence-electron chi connectivity index (χ3n) is 7.76. The van der Waals surface area contributed by atoms with Crippen LogP contribution in [0.15, 0.2) is 120 Å². The molecule has 2 atom stereocenters. The van der Waals surface area contributed by atoms with Crippen molar-refractivity contribution in [3.05, 3.63) is 142 Å². The van der Waals surface area contributed by atoms with Crippen molar-refractivity contribution in [2.45, 2.75) is 61.9 Å². The van der Waals surface area contributed by atoms with Crippen LogP contribution in [0.25, 0.3) is 0 Å². The normalized spacial score (nSPS) is 12.8. The Kier molecular flexibility index (Phi) is 13.8. The van der Waals surface area contributed by atoms with Gasteiger partial charge in [-0.05, 0) is 61.4 Å². The molecule has 0 unspecified atom stereocenters. The number of rotatable bonds is 16. The number of esters is 1. The van der Waals surface area contributed by atoms with Gasteiger partial charge in [0.25, 0.3) is 5.69 Å². The van der Waals surface area contributed by atoms with E-state index in [-0.39, 0.29) is 17.4 Å². The molecule has 4 rings (SSSR count). The second-order valence-corrected chi connectivity index (χ2v) is 15.2. The van der Waals surface area contributed by atoms with Gasteiger partial charge >= 0.3 is 5.97 Å². The van der Waals surface area contributed by atoms with Gasteiger partial charge in [-0.15, -0.1) is 11.8 Å². The lowest BCUT2D eigenvalue weighted by Crippen LogP contribution is -2.52. The fourth-order valence-electron chi connectivity index (χ4n) is 5.35. The number of hydrogen-bond acceptors (Lipinski definition) is 9. The summed E-state index contributed by atoms with van der Waals surface area (Å²) in [5.74, 6) is -1.67. The number of amides is 2. The van der Waals surface area contributed by atoms with E-state index < -0.39 is 51.7 Å². The summed E-state index contributed by atoms with van der Waals surface area (Å²) < 4.78 is 7.91. The minimum absolute atomic E-state index is 0.102. The lowest BCUT2D eigenvalue weighted by molar-refractivity contribution is -0.387. The van der Waals surface area contributed by atoms with Crippen LogP contribution in [0.2, 0.25) is 0 Å². The first-order chi connectivity index (χ1) is 24.3. The van der Waals surface area contributed by atoms with Crippen LogP contribution < -0.4 is 15.4 Å². The van der Waals surface area contributed by atoms with Crippen LogP contribution in [0.3, 0.4) is 0 Å². The van der Waals surface area contributed by atoms with Crippen LogP contribution >= 0.6 is 23.7 Å². The van der Waals surface area contributed by atoms with Crippen LogP contribution in [0.1, 0.15) is 51.3 Å². The minimum Gasteiger partial charge on any atom is -0.458 e. The van der Waals surface area contributed by atoms with Crippen molar-refractivity contribution in [3.8, 4) is 0 Å². The molecule has 3 N–H and O–H groups in total. The molecule has 0 heterocycles. The Morgan fingerprint density at radius 1 is 0.784 bits per heavy atom. The highest BCUT2D eigenvalue weighted by Gasteiger charge is 2.38. The fourth-order valence-corrected chi connectivity index (χ4v) is 7.87. The third kappa shape index (κ3) is 10.7. The van der Waals surface area contributed by atoms with E-state index in [1.165, 1.54) is 17.8 Å². The summed E-state index contributed by atoms with van der Waals surface area (Å²) in [4.78, 5) is 51.5. The van der Waals surface area contributed by atoms with Gasteiger partial charge in [-0.1, -0.05) is 117 Å². The van der Waals surface area contributed by atoms with Crippen LogP contribution in [-0.4, -0.2) is 52.7 Å². The number of hydrogen-bond donors (Lipinski definition) is 3. The van der Waals surface area contributed by atoms with Crippen molar-refractivity contribution in [2.24, 2.45) is 5.92 Å². The molecule has 51 heavy (non-hydrogen) atoms. The monoisotopic (exact) mass is 728 g/mol. The molecule has 4 aromatic rings. The van der Waals surface area contributed by atoms with Crippen molar-refractivity contribution in [3.63, 3.8) is 0 Å². The van der Waals surface area contributed by atoms with E-state index in [0.717, 1.165) is 28.6 Å². The van der Waals surface area contributed by atoms with Gasteiger partial charge < -0.3 is 15.4 Å². The summed E-state index contributed by atoms with van der Waals surface area (Å²) in [5.41, 5.74) is 2.16. The van der Waals surface area contributed by atoms with Gasteiger partial charge in [0.1, 0.15) is 22.6 Å². The van der Waals surface area contributed by atoms with E-state index in [9.17, 15) is 24.5 Å². The maximum Gasteiger partial charge on any atom is 0.329 e. The summed E-state index contributed by atoms with van der Waals surface area (Å²) in [7, 11) is 0. The lowest BCUT2D eigenvalue weighted by Gasteiger charge is -2.36. The standard InChI is InChI=1S/C39H44N4O6S2/c1-27(2)35(37(46)49-38(3,4)5)41-34(44)25-40-36(45)31(42-51-33-24-16-15-23-32(33)43(47)48)26-50-39(28-17-9-6-10-18-28,29-19-11-7-12-20-29)30-21-13-8-14-22-30/h6-24,27,31,35,42H,25-26H2,1-5H3,(H,40,45)(H,41,44)/t31-,35-/m1/s1. The molecule has 0 aliphatic carbocycles. The highest BCUT2D eigenvalue weighted by Crippen LogP contribution is 2.48. The van der Waals surface area contributed by atoms with Gasteiger partial charge in [0.15, 0.2) is 0 Å². The topological polar surface area (TPSA) is 140 Å². The highest BCUT2D eigenvalue weighted by molar-refractivity contribution is 8.01. The highest BCUT2D eigenvalue weighted by atomic mass is 32.2.